The number of hydrogen-bond donors (Lipinski definition) is 1. The maximum atomic E-state index is 12.4. The number of amides is 1. The van der Waals surface area contributed by atoms with Crippen molar-refractivity contribution in [3.8, 4) is 5.75 Å². The molecule has 2 fully saturated rings. The fraction of sp³-hybridized carbons (Fsp3) is 0.588. The molecule has 0 aromatic heterocycles. The molecule has 0 unspecified atom stereocenters. The molecule has 1 N–H and O–H groups in total. The predicted molar refractivity (Wildman–Crippen MR) is 78.5 cm³/mol. The average Bonchev–Trinajstić information content (AvgIpc) is 3.08. The molecule has 0 spiro atoms. The minimum absolute atomic E-state index is 0.0499. The molecule has 1 aromatic carbocycles. The van der Waals surface area contributed by atoms with Gasteiger partial charge in [0.05, 0.1) is 0 Å². The first-order valence-corrected chi connectivity index (χ1v) is 7.78. The molecule has 2 bridgehead atoms. The van der Waals surface area contributed by atoms with Crippen LogP contribution in [0.1, 0.15) is 39.0 Å². The summed E-state index contributed by atoms with van der Waals surface area (Å²) in [7, 11) is 0. The molecule has 4 atom stereocenters. The van der Waals surface area contributed by atoms with E-state index in [2.05, 4.69) is 5.32 Å². The average molecular weight is 273 g/mol. The van der Waals surface area contributed by atoms with Gasteiger partial charge in [-0.25, -0.2) is 0 Å². The van der Waals surface area contributed by atoms with Crippen LogP contribution in [0, 0.1) is 11.8 Å². The van der Waals surface area contributed by atoms with Gasteiger partial charge in [0.2, 0.25) is 0 Å². The number of carbonyl (C=O) groups excluding carboxylic acids is 1. The Labute approximate surface area is 120 Å². The molecule has 0 heterocycles. The highest BCUT2D eigenvalue weighted by Gasteiger charge is 2.40. The highest BCUT2D eigenvalue weighted by atomic mass is 16.5. The van der Waals surface area contributed by atoms with Crippen molar-refractivity contribution in [3.63, 3.8) is 0 Å². The van der Waals surface area contributed by atoms with E-state index in [-0.39, 0.29) is 12.0 Å². The second-order valence-corrected chi connectivity index (χ2v) is 6.12. The van der Waals surface area contributed by atoms with Crippen LogP contribution in [0.4, 0.5) is 0 Å². The molecule has 2 aliphatic carbocycles. The maximum Gasteiger partial charge on any atom is 0.261 e. The SMILES string of the molecule is CC[C@@H](Oc1ccccc1)C(=O)N[C@H]1C[C@H]2CC[C@H]1C2. The van der Waals surface area contributed by atoms with Crippen LogP contribution in [0.25, 0.3) is 0 Å². The first kappa shape index (κ1) is 13.5. The Hall–Kier alpha value is -1.51. The topological polar surface area (TPSA) is 38.3 Å². The minimum atomic E-state index is -0.378. The molecular weight excluding hydrogens is 250 g/mol. The summed E-state index contributed by atoms with van der Waals surface area (Å²) in [5.41, 5.74) is 0. The van der Waals surface area contributed by atoms with E-state index in [0.29, 0.717) is 18.4 Å². The summed E-state index contributed by atoms with van der Waals surface area (Å²) in [4.78, 5) is 12.4. The Bertz CT molecular complexity index is 459. The van der Waals surface area contributed by atoms with Crippen molar-refractivity contribution in [2.45, 2.75) is 51.2 Å². The van der Waals surface area contributed by atoms with Crippen LogP contribution in [0.15, 0.2) is 30.3 Å². The van der Waals surface area contributed by atoms with E-state index in [9.17, 15) is 4.79 Å². The molecule has 3 nitrogen and oxygen atoms in total. The van der Waals surface area contributed by atoms with Gasteiger partial charge in [-0.05, 0) is 49.7 Å². The van der Waals surface area contributed by atoms with Gasteiger partial charge in [0, 0.05) is 6.04 Å². The lowest BCUT2D eigenvalue weighted by atomic mass is 9.95. The molecule has 3 rings (SSSR count). The van der Waals surface area contributed by atoms with Crippen LogP contribution in [-0.2, 0) is 4.79 Å². The molecule has 0 aliphatic heterocycles. The summed E-state index contributed by atoms with van der Waals surface area (Å²) in [5, 5.41) is 3.22. The van der Waals surface area contributed by atoms with E-state index in [1.54, 1.807) is 0 Å². The number of rotatable bonds is 5. The van der Waals surface area contributed by atoms with Crippen LogP contribution in [0.2, 0.25) is 0 Å². The fourth-order valence-corrected chi connectivity index (χ4v) is 3.68. The zero-order chi connectivity index (χ0) is 13.9. The molecule has 2 aliphatic rings. The zero-order valence-corrected chi connectivity index (χ0v) is 12.0. The van der Waals surface area contributed by atoms with E-state index >= 15 is 0 Å². The Morgan fingerprint density at radius 1 is 1.30 bits per heavy atom. The lowest BCUT2D eigenvalue weighted by molar-refractivity contribution is -0.129. The summed E-state index contributed by atoms with van der Waals surface area (Å²) in [5.74, 6) is 2.37. The largest absolute Gasteiger partial charge is 0.481 e. The molecular formula is C17H23NO2. The van der Waals surface area contributed by atoms with Crippen LogP contribution < -0.4 is 10.1 Å². The molecule has 3 heteroatoms. The third kappa shape index (κ3) is 2.82. The van der Waals surface area contributed by atoms with Crippen molar-refractivity contribution < 1.29 is 9.53 Å². The molecule has 108 valence electrons. The van der Waals surface area contributed by atoms with Gasteiger partial charge >= 0.3 is 0 Å². The number of fused-ring (bicyclic) bond motifs is 2. The third-order valence-electron chi connectivity index (χ3n) is 4.75. The van der Waals surface area contributed by atoms with Gasteiger partial charge in [-0.3, -0.25) is 4.79 Å². The van der Waals surface area contributed by atoms with Crippen LogP contribution in [-0.4, -0.2) is 18.1 Å². The van der Waals surface area contributed by atoms with Crippen molar-refractivity contribution in [2.24, 2.45) is 11.8 Å². The molecule has 0 saturated heterocycles. The number of ether oxygens (including phenoxy) is 1. The Balaban J connectivity index is 1.57. The maximum absolute atomic E-state index is 12.4. The number of para-hydroxylation sites is 1. The smallest absolute Gasteiger partial charge is 0.261 e. The summed E-state index contributed by atoms with van der Waals surface area (Å²) in [6.45, 7) is 1.99. The normalized spacial score (nSPS) is 29.1. The van der Waals surface area contributed by atoms with Gasteiger partial charge in [-0.2, -0.15) is 0 Å². The number of carbonyl (C=O) groups is 1. The van der Waals surface area contributed by atoms with Crippen molar-refractivity contribution in [1.29, 1.82) is 0 Å². The summed E-state index contributed by atoms with van der Waals surface area (Å²) < 4.78 is 5.80. The second-order valence-electron chi connectivity index (χ2n) is 6.12. The first-order valence-electron chi connectivity index (χ1n) is 7.78. The zero-order valence-electron chi connectivity index (χ0n) is 12.0. The Kier molecular flexibility index (Phi) is 3.95. The molecule has 1 aromatic rings. The number of benzene rings is 1. The lowest BCUT2D eigenvalue weighted by Crippen LogP contribution is -2.45. The minimum Gasteiger partial charge on any atom is -0.481 e. The van der Waals surface area contributed by atoms with Crippen molar-refractivity contribution in [3.05, 3.63) is 30.3 Å². The Morgan fingerprint density at radius 2 is 2.10 bits per heavy atom. The van der Waals surface area contributed by atoms with Crippen LogP contribution in [0.5, 0.6) is 5.75 Å². The molecule has 0 radical (unpaired) electrons. The summed E-state index contributed by atoms with van der Waals surface area (Å²) in [6, 6.07) is 9.98. The molecule has 2 saturated carbocycles. The highest BCUT2D eigenvalue weighted by molar-refractivity contribution is 5.81. The van der Waals surface area contributed by atoms with E-state index < -0.39 is 0 Å². The lowest BCUT2D eigenvalue weighted by Gasteiger charge is -2.25. The van der Waals surface area contributed by atoms with Gasteiger partial charge in [0.1, 0.15) is 5.75 Å². The second kappa shape index (κ2) is 5.86. The standard InChI is InChI=1S/C17H23NO2/c1-2-16(20-14-6-4-3-5-7-14)17(19)18-15-11-12-8-9-13(15)10-12/h3-7,12-13,15-16H,2,8-11H2,1H3,(H,18,19)/t12-,13-,15-,16+/m0/s1. The number of nitrogens with one attached hydrogen (secondary N) is 1. The first-order chi connectivity index (χ1) is 9.76. The quantitative estimate of drug-likeness (QED) is 0.895. The predicted octanol–water partition coefficient (Wildman–Crippen LogP) is 3.15. The van der Waals surface area contributed by atoms with Gasteiger partial charge in [-0.15, -0.1) is 0 Å². The highest BCUT2D eigenvalue weighted by Crippen LogP contribution is 2.44. The summed E-state index contributed by atoms with van der Waals surface area (Å²) in [6.07, 6.45) is 5.43. The van der Waals surface area contributed by atoms with Crippen LogP contribution in [0.3, 0.4) is 0 Å². The van der Waals surface area contributed by atoms with Crippen molar-refractivity contribution >= 4 is 5.91 Å². The molecule has 20 heavy (non-hydrogen) atoms. The Morgan fingerprint density at radius 3 is 2.70 bits per heavy atom. The third-order valence-corrected chi connectivity index (χ3v) is 4.75. The summed E-state index contributed by atoms with van der Waals surface area (Å²) >= 11 is 0. The van der Waals surface area contributed by atoms with Crippen molar-refractivity contribution in [1.82, 2.24) is 5.32 Å². The van der Waals surface area contributed by atoms with Gasteiger partial charge in [0.25, 0.3) is 5.91 Å². The van der Waals surface area contributed by atoms with Crippen LogP contribution >= 0.6 is 0 Å². The van der Waals surface area contributed by atoms with Gasteiger partial charge in [0.15, 0.2) is 6.10 Å². The fourth-order valence-electron chi connectivity index (χ4n) is 3.68. The monoisotopic (exact) mass is 273 g/mol. The van der Waals surface area contributed by atoms with Gasteiger partial charge in [-0.1, -0.05) is 31.5 Å². The van der Waals surface area contributed by atoms with E-state index in [1.807, 2.05) is 37.3 Å². The van der Waals surface area contributed by atoms with Crippen molar-refractivity contribution in [2.75, 3.05) is 0 Å². The van der Waals surface area contributed by atoms with Gasteiger partial charge < -0.3 is 10.1 Å². The number of hydrogen-bond acceptors (Lipinski definition) is 2. The molecule has 1 amide bonds. The van der Waals surface area contributed by atoms with E-state index in [1.165, 1.54) is 19.3 Å². The van der Waals surface area contributed by atoms with E-state index in [0.717, 1.165) is 18.1 Å². The van der Waals surface area contributed by atoms with E-state index in [4.69, 9.17) is 4.74 Å².